The van der Waals surface area contributed by atoms with Crippen molar-refractivity contribution in [3.05, 3.63) is 35.2 Å². The largest absolute Gasteiger partial charge is 0.493 e. The summed E-state index contributed by atoms with van der Waals surface area (Å²) in [5.41, 5.74) is 3.13. The fourth-order valence-corrected chi connectivity index (χ4v) is 3.81. The van der Waals surface area contributed by atoms with Gasteiger partial charge in [-0.1, -0.05) is 0 Å². The molecule has 1 N–H and O–H groups in total. The molecule has 1 aliphatic carbocycles. The summed E-state index contributed by atoms with van der Waals surface area (Å²) in [4.78, 5) is 2.38. The average molecular weight is 357 g/mol. The van der Waals surface area contributed by atoms with E-state index in [4.69, 9.17) is 14.2 Å². The van der Waals surface area contributed by atoms with E-state index in [1.165, 1.54) is 5.69 Å². The third kappa shape index (κ3) is 2.81. The van der Waals surface area contributed by atoms with Crippen LogP contribution in [-0.4, -0.2) is 40.2 Å². The minimum Gasteiger partial charge on any atom is -0.493 e. The topological polar surface area (TPSA) is 69.0 Å². The van der Waals surface area contributed by atoms with E-state index in [1.54, 1.807) is 7.11 Å². The van der Waals surface area contributed by atoms with Gasteiger partial charge in [0.15, 0.2) is 11.5 Å². The van der Waals surface area contributed by atoms with E-state index in [2.05, 4.69) is 16.1 Å². The number of rotatable bonds is 5. The average Bonchev–Trinajstić information content (AvgIpc) is 3.24. The molecule has 2 aliphatic heterocycles. The molecule has 26 heavy (non-hydrogen) atoms. The van der Waals surface area contributed by atoms with E-state index in [0.717, 1.165) is 56.0 Å². The highest BCUT2D eigenvalue weighted by atomic mass is 16.7. The normalized spacial score (nSPS) is 20.1. The van der Waals surface area contributed by atoms with Gasteiger partial charge in [-0.3, -0.25) is 9.58 Å². The Morgan fingerprint density at radius 1 is 1.27 bits per heavy atom. The van der Waals surface area contributed by atoms with Crippen LogP contribution in [0.3, 0.4) is 0 Å². The SMILES string of the molecule is COc1cc(CN2CCn3nc(C(O)C4CC4)cc3C2)cc2c1OCO2. The third-order valence-corrected chi connectivity index (χ3v) is 5.39. The molecule has 0 saturated heterocycles. The van der Waals surface area contributed by atoms with Crippen LogP contribution in [0.2, 0.25) is 0 Å². The Morgan fingerprint density at radius 2 is 2.15 bits per heavy atom. The van der Waals surface area contributed by atoms with E-state index in [-0.39, 0.29) is 6.79 Å². The van der Waals surface area contributed by atoms with Crippen molar-refractivity contribution in [1.82, 2.24) is 14.7 Å². The van der Waals surface area contributed by atoms with E-state index in [9.17, 15) is 5.11 Å². The molecule has 1 saturated carbocycles. The molecular weight excluding hydrogens is 334 g/mol. The highest BCUT2D eigenvalue weighted by molar-refractivity contribution is 5.55. The summed E-state index contributed by atoms with van der Waals surface area (Å²) in [5, 5.41) is 14.9. The zero-order valence-electron chi connectivity index (χ0n) is 14.9. The zero-order chi connectivity index (χ0) is 17.7. The van der Waals surface area contributed by atoms with Gasteiger partial charge < -0.3 is 19.3 Å². The summed E-state index contributed by atoms with van der Waals surface area (Å²) in [6.07, 6.45) is 1.82. The molecule has 1 aromatic heterocycles. The van der Waals surface area contributed by atoms with Crippen LogP contribution in [0.15, 0.2) is 18.2 Å². The lowest BCUT2D eigenvalue weighted by Crippen LogP contribution is -2.33. The Balaban J connectivity index is 1.32. The van der Waals surface area contributed by atoms with Gasteiger partial charge in [-0.05, 0) is 42.5 Å². The summed E-state index contributed by atoms with van der Waals surface area (Å²) in [6, 6.07) is 6.11. The summed E-state index contributed by atoms with van der Waals surface area (Å²) >= 11 is 0. The van der Waals surface area contributed by atoms with Gasteiger partial charge in [-0.25, -0.2) is 0 Å². The van der Waals surface area contributed by atoms with Crippen LogP contribution in [0.1, 0.15) is 35.9 Å². The number of hydrogen-bond donors (Lipinski definition) is 1. The lowest BCUT2D eigenvalue weighted by atomic mass is 10.1. The third-order valence-electron chi connectivity index (χ3n) is 5.39. The van der Waals surface area contributed by atoms with Crippen LogP contribution < -0.4 is 14.2 Å². The predicted molar refractivity (Wildman–Crippen MR) is 93.1 cm³/mol. The molecular formula is C19H23N3O4. The van der Waals surface area contributed by atoms with Gasteiger partial charge in [0.2, 0.25) is 12.5 Å². The molecule has 0 spiro atoms. The molecule has 5 rings (SSSR count). The number of aromatic nitrogens is 2. The number of fused-ring (bicyclic) bond motifs is 2. The lowest BCUT2D eigenvalue weighted by molar-refractivity contribution is 0.147. The maximum atomic E-state index is 10.3. The number of benzene rings is 1. The highest BCUT2D eigenvalue weighted by Gasteiger charge is 2.33. The number of methoxy groups -OCH3 is 1. The van der Waals surface area contributed by atoms with Crippen molar-refractivity contribution in [2.24, 2.45) is 5.92 Å². The first kappa shape index (κ1) is 16.0. The number of hydrogen-bond acceptors (Lipinski definition) is 6. The Labute approximate surface area is 152 Å². The summed E-state index contributed by atoms with van der Waals surface area (Å²) in [7, 11) is 1.65. The monoisotopic (exact) mass is 357 g/mol. The Morgan fingerprint density at radius 3 is 2.96 bits per heavy atom. The van der Waals surface area contributed by atoms with Gasteiger partial charge in [0, 0.05) is 19.6 Å². The van der Waals surface area contributed by atoms with Gasteiger partial charge in [-0.15, -0.1) is 0 Å². The molecule has 0 radical (unpaired) electrons. The molecule has 1 fully saturated rings. The first-order chi connectivity index (χ1) is 12.7. The lowest BCUT2D eigenvalue weighted by Gasteiger charge is -2.27. The molecule has 0 bridgehead atoms. The van der Waals surface area contributed by atoms with Crippen molar-refractivity contribution in [3.8, 4) is 17.2 Å². The summed E-state index contributed by atoms with van der Waals surface area (Å²) in [6.45, 7) is 3.63. The molecule has 7 heteroatoms. The maximum absolute atomic E-state index is 10.3. The second-order valence-electron chi connectivity index (χ2n) is 7.31. The minimum atomic E-state index is -0.403. The van der Waals surface area contributed by atoms with Gasteiger partial charge in [0.25, 0.3) is 0 Å². The van der Waals surface area contributed by atoms with Crippen molar-refractivity contribution < 1.29 is 19.3 Å². The second kappa shape index (κ2) is 6.17. The van der Waals surface area contributed by atoms with Gasteiger partial charge in [-0.2, -0.15) is 5.10 Å². The summed E-state index contributed by atoms with van der Waals surface area (Å²) < 4.78 is 18.5. The number of aliphatic hydroxyl groups excluding tert-OH is 1. The van der Waals surface area contributed by atoms with E-state index in [0.29, 0.717) is 17.4 Å². The van der Waals surface area contributed by atoms with Crippen LogP contribution >= 0.6 is 0 Å². The van der Waals surface area contributed by atoms with Crippen LogP contribution in [0.25, 0.3) is 0 Å². The van der Waals surface area contributed by atoms with Crippen molar-refractivity contribution >= 4 is 0 Å². The van der Waals surface area contributed by atoms with Gasteiger partial charge >= 0.3 is 0 Å². The highest BCUT2D eigenvalue weighted by Crippen LogP contribution is 2.42. The second-order valence-corrected chi connectivity index (χ2v) is 7.31. The van der Waals surface area contributed by atoms with Crippen LogP contribution in [0, 0.1) is 5.92 Å². The smallest absolute Gasteiger partial charge is 0.231 e. The van der Waals surface area contributed by atoms with E-state index < -0.39 is 6.10 Å². The predicted octanol–water partition coefficient (Wildman–Crippen LogP) is 2.08. The molecule has 1 unspecified atom stereocenters. The molecule has 3 heterocycles. The molecule has 1 aromatic carbocycles. The molecule has 7 nitrogen and oxygen atoms in total. The minimum absolute atomic E-state index is 0.240. The maximum Gasteiger partial charge on any atom is 0.231 e. The standard InChI is InChI=1S/C19H23N3O4/c1-24-16-6-12(7-17-19(16)26-11-25-17)9-21-4-5-22-14(10-21)8-15(20-22)18(23)13-2-3-13/h6-8,13,18,23H,2-5,9-11H2,1H3. The molecule has 2 aromatic rings. The number of aliphatic hydroxyl groups is 1. The van der Waals surface area contributed by atoms with Crippen LogP contribution in [0.5, 0.6) is 17.2 Å². The van der Waals surface area contributed by atoms with Gasteiger partial charge in [0.05, 0.1) is 25.0 Å². The molecule has 0 amide bonds. The first-order valence-corrected chi connectivity index (χ1v) is 9.15. The van der Waals surface area contributed by atoms with Crippen molar-refractivity contribution in [3.63, 3.8) is 0 Å². The van der Waals surface area contributed by atoms with Crippen LogP contribution in [0.4, 0.5) is 0 Å². The van der Waals surface area contributed by atoms with Crippen molar-refractivity contribution in [2.45, 2.75) is 38.6 Å². The molecule has 3 aliphatic rings. The van der Waals surface area contributed by atoms with E-state index >= 15 is 0 Å². The van der Waals surface area contributed by atoms with Crippen molar-refractivity contribution in [2.75, 3.05) is 20.4 Å². The van der Waals surface area contributed by atoms with Crippen LogP contribution in [-0.2, 0) is 19.6 Å². The fraction of sp³-hybridized carbons (Fsp3) is 0.526. The Kier molecular flexibility index (Phi) is 3.79. The molecule has 138 valence electrons. The van der Waals surface area contributed by atoms with E-state index in [1.807, 2.05) is 16.8 Å². The molecule has 1 atom stereocenters. The number of ether oxygens (including phenoxy) is 3. The van der Waals surface area contributed by atoms with Crippen molar-refractivity contribution in [1.29, 1.82) is 0 Å². The quantitative estimate of drug-likeness (QED) is 0.884. The zero-order valence-corrected chi connectivity index (χ0v) is 14.9. The Hall–Kier alpha value is -2.25. The fourth-order valence-electron chi connectivity index (χ4n) is 3.81. The first-order valence-electron chi connectivity index (χ1n) is 9.15. The summed E-state index contributed by atoms with van der Waals surface area (Å²) in [5.74, 6) is 2.55. The number of nitrogens with zero attached hydrogens (tertiary/aromatic N) is 3. The van der Waals surface area contributed by atoms with Gasteiger partial charge in [0.1, 0.15) is 6.10 Å². The Bertz CT molecular complexity index is 830.